The predicted molar refractivity (Wildman–Crippen MR) is 113 cm³/mol. The normalized spacial score (nSPS) is 17.1. The molecule has 30 heavy (non-hydrogen) atoms. The maximum Gasteiger partial charge on any atom is 0.306 e. The molecule has 0 radical (unpaired) electrons. The zero-order chi connectivity index (χ0) is 20.2. The van der Waals surface area contributed by atoms with Crippen molar-refractivity contribution in [3.05, 3.63) is 59.7 Å². The molecule has 0 aromatic heterocycles. The highest BCUT2D eigenvalue weighted by molar-refractivity contribution is 5.85. The van der Waals surface area contributed by atoms with Gasteiger partial charge in [0, 0.05) is 19.6 Å². The highest BCUT2D eigenvalue weighted by Gasteiger charge is 2.33. The molecule has 2 aliphatic heterocycles. The van der Waals surface area contributed by atoms with E-state index in [4.69, 9.17) is 9.47 Å². The third-order valence-electron chi connectivity index (χ3n) is 5.51. The van der Waals surface area contributed by atoms with Crippen molar-refractivity contribution in [1.82, 2.24) is 10.2 Å². The summed E-state index contributed by atoms with van der Waals surface area (Å²) in [6, 6.07) is 14.8. The van der Waals surface area contributed by atoms with E-state index in [2.05, 4.69) is 10.2 Å². The van der Waals surface area contributed by atoms with Crippen LogP contribution in [0.2, 0.25) is 0 Å². The van der Waals surface area contributed by atoms with Crippen molar-refractivity contribution < 1.29 is 24.2 Å². The second kappa shape index (κ2) is 9.82. The molecular weight excluding hydrogens is 408 g/mol. The number of halogens is 1. The third-order valence-corrected chi connectivity index (χ3v) is 5.51. The van der Waals surface area contributed by atoms with E-state index in [-0.39, 0.29) is 31.0 Å². The molecule has 1 amide bonds. The number of hydrogen-bond donors (Lipinski definition) is 2. The number of likely N-dealkylation sites (tertiary alicyclic amines) is 1. The average Bonchev–Trinajstić information content (AvgIpc) is 3.21. The summed E-state index contributed by atoms with van der Waals surface area (Å²) in [7, 11) is 0. The Kier molecular flexibility index (Phi) is 7.18. The van der Waals surface area contributed by atoms with E-state index in [0.29, 0.717) is 44.0 Å². The molecule has 4 rings (SSSR count). The lowest BCUT2D eigenvalue weighted by molar-refractivity contribution is -0.143. The van der Waals surface area contributed by atoms with Crippen LogP contribution in [0.4, 0.5) is 0 Å². The molecule has 2 aliphatic rings. The number of nitrogens with one attached hydrogen (secondary N) is 1. The summed E-state index contributed by atoms with van der Waals surface area (Å²) in [5.41, 5.74) is 1.84. The summed E-state index contributed by atoms with van der Waals surface area (Å²) in [5, 5.41) is 12.3. The lowest BCUT2D eigenvalue weighted by Crippen LogP contribution is -2.45. The van der Waals surface area contributed by atoms with Crippen LogP contribution in [0, 0.1) is 5.92 Å². The van der Waals surface area contributed by atoms with Gasteiger partial charge in [0.2, 0.25) is 12.7 Å². The SMILES string of the molecule is Cl.O=C(O)C1CCN(C(C(=O)NCc2ccc3c(c2)OCO3)c2ccccc2)CC1. The van der Waals surface area contributed by atoms with E-state index < -0.39 is 12.0 Å². The largest absolute Gasteiger partial charge is 0.481 e. The second-order valence-corrected chi connectivity index (χ2v) is 7.37. The molecular formula is C22H25ClN2O5. The summed E-state index contributed by atoms with van der Waals surface area (Å²) in [6.07, 6.45) is 1.10. The van der Waals surface area contributed by atoms with Crippen molar-refractivity contribution in [1.29, 1.82) is 0 Å². The molecule has 8 heteroatoms. The number of nitrogens with zero attached hydrogens (tertiary/aromatic N) is 1. The Labute approximate surface area is 181 Å². The van der Waals surface area contributed by atoms with E-state index in [1.165, 1.54) is 0 Å². The molecule has 2 heterocycles. The van der Waals surface area contributed by atoms with Crippen LogP contribution in [0.3, 0.4) is 0 Å². The van der Waals surface area contributed by atoms with Crippen molar-refractivity contribution in [2.75, 3.05) is 19.9 Å². The van der Waals surface area contributed by atoms with Crippen LogP contribution in [-0.4, -0.2) is 41.8 Å². The fourth-order valence-electron chi connectivity index (χ4n) is 3.90. The minimum absolute atomic E-state index is 0. The molecule has 1 unspecified atom stereocenters. The highest BCUT2D eigenvalue weighted by atomic mass is 35.5. The number of rotatable bonds is 6. The molecule has 2 aromatic rings. The Morgan fingerprint density at radius 2 is 1.77 bits per heavy atom. The number of carboxylic acids is 1. The molecule has 160 valence electrons. The first-order valence-electron chi connectivity index (χ1n) is 9.80. The number of fused-ring (bicyclic) bond motifs is 1. The number of ether oxygens (including phenoxy) is 2. The van der Waals surface area contributed by atoms with Gasteiger partial charge >= 0.3 is 5.97 Å². The third kappa shape index (κ3) is 4.86. The lowest BCUT2D eigenvalue weighted by atomic mass is 9.94. The van der Waals surface area contributed by atoms with Crippen LogP contribution >= 0.6 is 12.4 Å². The summed E-state index contributed by atoms with van der Waals surface area (Å²) in [4.78, 5) is 26.5. The van der Waals surface area contributed by atoms with Gasteiger partial charge in [-0.25, -0.2) is 0 Å². The van der Waals surface area contributed by atoms with Crippen LogP contribution in [-0.2, 0) is 16.1 Å². The maximum absolute atomic E-state index is 13.1. The van der Waals surface area contributed by atoms with Crippen LogP contribution in [0.5, 0.6) is 11.5 Å². The molecule has 0 spiro atoms. The molecule has 0 saturated carbocycles. The van der Waals surface area contributed by atoms with E-state index >= 15 is 0 Å². The Morgan fingerprint density at radius 3 is 2.47 bits per heavy atom. The smallest absolute Gasteiger partial charge is 0.306 e. The number of carbonyl (C=O) groups excluding carboxylic acids is 1. The topological polar surface area (TPSA) is 88.1 Å². The van der Waals surface area contributed by atoms with Gasteiger partial charge in [0.05, 0.1) is 5.92 Å². The Morgan fingerprint density at radius 1 is 1.07 bits per heavy atom. The fourth-order valence-corrected chi connectivity index (χ4v) is 3.90. The van der Waals surface area contributed by atoms with E-state index in [9.17, 15) is 14.7 Å². The quantitative estimate of drug-likeness (QED) is 0.729. The van der Waals surface area contributed by atoms with Crippen LogP contribution in [0.1, 0.15) is 30.0 Å². The number of benzene rings is 2. The predicted octanol–water partition coefficient (Wildman–Crippen LogP) is 2.99. The minimum Gasteiger partial charge on any atom is -0.481 e. The number of carboxylic acid groups (broad SMARTS) is 1. The van der Waals surface area contributed by atoms with Gasteiger partial charge in [-0.3, -0.25) is 14.5 Å². The standard InChI is InChI=1S/C22H24N2O5.ClH/c25-21(23-13-15-6-7-18-19(12-15)29-14-28-18)20(16-4-2-1-3-5-16)24-10-8-17(9-11-24)22(26)27;/h1-7,12,17,20H,8-11,13-14H2,(H,23,25)(H,26,27);1H. The molecule has 2 aromatic carbocycles. The highest BCUT2D eigenvalue weighted by Crippen LogP contribution is 2.32. The fraction of sp³-hybridized carbons (Fsp3) is 0.364. The van der Waals surface area contributed by atoms with Gasteiger partial charge in [-0.2, -0.15) is 0 Å². The zero-order valence-corrected chi connectivity index (χ0v) is 17.3. The number of amides is 1. The van der Waals surface area contributed by atoms with Crippen molar-refractivity contribution in [3.8, 4) is 11.5 Å². The number of carbonyl (C=O) groups is 2. The molecule has 1 saturated heterocycles. The molecule has 1 fully saturated rings. The Balaban J connectivity index is 0.00000256. The van der Waals surface area contributed by atoms with E-state index in [1.807, 2.05) is 48.5 Å². The monoisotopic (exact) mass is 432 g/mol. The minimum atomic E-state index is -0.756. The molecule has 2 N–H and O–H groups in total. The van der Waals surface area contributed by atoms with Crippen LogP contribution in [0.25, 0.3) is 0 Å². The maximum atomic E-state index is 13.1. The summed E-state index contributed by atoms with van der Waals surface area (Å²) < 4.78 is 10.7. The first-order chi connectivity index (χ1) is 14.1. The summed E-state index contributed by atoms with van der Waals surface area (Å²) >= 11 is 0. The summed E-state index contributed by atoms with van der Waals surface area (Å²) in [5.74, 6) is 0.214. The first kappa shape index (κ1) is 21.9. The number of piperidine rings is 1. The lowest BCUT2D eigenvalue weighted by Gasteiger charge is -2.36. The Hall–Kier alpha value is -2.77. The van der Waals surface area contributed by atoms with Gasteiger partial charge in [0.1, 0.15) is 6.04 Å². The van der Waals surface area contributed by atoms with Crippen molar-refractivity contribution in [3.63, 3.8) is 0 Å². The van der Waals surface area contributed by atoms with Gasteiger partial charge in [-0.05, 0) is 36.1 Å². The van der Waals surface area contributed by atoms with Crippen molar-refractivity contribution in [2.24, 2.45) is 5.92 Å². The van der Waals surface area contributed by atoms with Crippen molar-refractivity contribution in [2.45, 2.75) is 25.4 Å². The average molecular weight is 433 g/mol. The molecule has 1 atom stereocenters. The van der Waals surface area contributed by atoms with E-state index in [1.54, 1.807) is 0 Å². The van der Waals surface area contributed by atoms with Gasteiger partial charge in [0.25, 0.3) is 0 Å². The molecule has 0 bridgehead atoms. The van der Waals surface area contributed by atoms with Gasteiger partial charge < -0.3 is 19.9 Å². The van der Waals surface area contributed by atoms with Crippen molar-refractivity contribution >= 4 is 24.3 Å². The van der Waals surface area contributed by atoms with E-state index in [0.717, 1.165) is 11.1 Å². The molecule has 0 aliphatic carbocycles. The van der Waals surface area contributed by atoms with Crippen LogP contribution in [0.15, 0.2) is 48.5 Å². The molecule has 7 nitrogen and oxygen atoms in total. The van der Waals surface area contributed by atoms with Gasteiger partial charge in [-0.1, -0.05) is 36.4 Å². The summed E-state index contributed by atoms with van der Waals surface area (Å²) in [6.45, 7) is 1.75. The second-order valence-electron chi connectivity index (χ2n) is 7.37. The van der Waals surface area contributed by atoms with Gasteiger partial charge in [-0.15, -0.1) is 12.4 Å². The number of aliphatic carboxylic acids is 1. The Bertz CT molecular complexity index is 884. The first-order valence-corrected chi connectivity index (χ1v) is 9.80. The zero-order valence-electron chi connectivity index (χ0n) is 16.5. The van der Waals surface area contributed by atoms with Crippen LogP contribution < -0.4 is 14.8 Å². The van der Waals surface area contributed by atoms with Gasteiger partial charge in [0.15, 0.2) is 11.5 Å². The number of hydrogen-bond acceptors (Lipinski definition) is 5.